The third-order valence-electron chi connectivity index (χ3n) is 3.81. The predicted octanol–water partition coefficient (Wildman–Crippen LogP) is 2.88. The molecule has 1 aliphatic heterocycles. The number of rotatable bonds is 5. The third-order valence-corrected chi connectivity index (χ3v) is 4.94. The summed E-state index contributed by atoms with van der Waals surface area (Å²) in [6.07, 6.45) is 1.87. The Kier molecular flexibility index (Phi) is 4.82. The Morgan fingerprint density at radius 2 is 2.35 bits per heavy atom. The second-order valence-corrected chi connectivity index (χ2v) is 6.79. The van der Waals surface area contributed by atoms with Gasteiger partial charge in [-0.3, -0.25) is 4.57 Å². The molecule has 1 aromatic carbocycles. The van der Waals surface area contributed by atoms with E-state index in [1.165, 1.54) is 22.4 Å². The number of halogens is 2. The van der Waals surface area contributed by atoms with E-state index in [0.717, 1.165) is 25.0 Å². The van der Waals surface area contributed by atoms with E-state index in [1.54, 1.807) is 6.92 Å². The van der Waals surface area contributed by atoms with Gasteiger partial charge in [-0.25, -0.2) is 18.7 Å². The molecule has 2 aromatic rings. The highest BCUT2D eigenvalue weighted by molar-refractivity contribution is 7.99. The molecule has 5 nitrogen and oxygen atoms in total. The number of hydrogen-bond acceptors (Lipinski definition) is 4. The lowest BCUT2D eigenvalue weighted by Gasteiger charge is -2.14. The Labute approximate surface area is 136 Å². The van der Waals surface area contributed by atoms with Crippen LogP contribution in [0.1, 0.15) is 30.6 Å². The van der Waals surface area contributed by atoms with Crippen LogP contribution < -0.4 is 5.69 Å². The molecule has 0 radical (unpaired) electrons. The molecule has 2 unspecified atom stereocenters. The third kappa shape index (κ3) is 3.64. The summed E-state index contributed by atoms with van der Waals surface area (Å²) in [7, 11) is 0. The SMILES string of the molecule is CC(Sc1n[nH]c(=O)n1CC1CCCO1)c1cc(F)ccc1F. The summed E-state index contributed by atoms with van der Waals surface area (Å²) in [5.41, 5.74) is -0.0796. The zero-order chi connectivity index (χ0) is 16.4. The standard InChI is InChI=1S/C15H17F2N3O2S/c1-9(12-7-10(16)4-5-13(12)17)23-15-19-18-14(21)20(15)8-11-3-2-6-22-11/h4-5,7,9,11H,2-3,6,8H2,1H3,(H,18,21). The minimum Gasteiger partial charge on any atom is -0.376 e. The van der Waals surface area contributed by atoms with Crippen LogP contribution >= 0.6 is 11.8 Å². The van der Waals surface area contributed by atoms with Crippen molar-refractivity contribution in [3.05, 3.63) is 45.9 Å². The van der Waals surface area contributed by atoms with Gasteiger partial charge in [0.1, 0.15) is 11.6 Å². The molecule has 0 spiro atoms. The topological polar surface area (TPSA) is 59.9 Å². The van der Waals surface area contributed by atoms with E-state index in [1.807, 2.05) is 0 Å². The molecule has 8 heteroatoms. The van der Waals surface area contributed by atoms with Gasteiger partial charge < -0.3 is 4.74 Å². The van der Waals surface area contributed by atoms with Crippen molar-refractivity contribution in [2.24, 2.45) is 0 Å². The molecule has 3 rings (SSSR count). The number of aromatic nitrogens is 3. The van der Waals surface area contributed by atoms with Crippen molar-refractivity contribution in [1.29, 1.82) is 0 Å². The van der Waals surface area contributed by atoms with Gasteiger partial charge in [0.25, 0.3) is 0 Å². The van der Waals surface area contributed by atoms with Crippen LogP contribution in [-0.2, 0) is 11.3 Å². The molecular formula is C15H17F2N3O2S. The lowest BCUT2D eigenvalue weighted by molar-refractivity contribution is 0.0941. The van der Waals surface area contributed by atoms with E-state index in [4.69, 9.17) is 4.74 Å². The fourth-order valence-corrected chi connectivity index (χ4v) is 3.60. The van der Waals surface area contributed by atoms with Gasteiger partial charge in [-0.15, -0.1) is 5.10 Å². The zero-order valence-electron chi connectivity index (χ0n) is 12.6. The Morgan fingerprint density at radius 1 is 1.52 bits per heavy atom. The molecule has 0 amide bonds. The van der Waals surface area contributed by atoms with Crippen LogP contribution in [0.25, 0.3) is 0 Å². The van der Waals surface area contributed by atoms with Gasteiger partial charge in [-0.05, 0) is 38.0 Å². The van der Waals surface area contributed by atoms with Crippen molar-refractivity contribution in [1.82, 2.24) is 14.8 Å². The van der Waals surface area contributed by atoms with Crippen molar-refractivity contribution in [2.45, 2.75) is 42.8 Å². The van der Waals surface area contributed by atoms with Crippen LogP contribution in [0.3, 0.4) is 0 Å². The average Bonchev–Trinajstić information content (AvgIpc) is 3.15. The number of nitrogens with zero attached hydrogens (tertiary/aromatic N) is 2. The number of ether oxygens (including phenoxy) is 1. The molecule has 1 fully saturated rings. The minimum atomic E-state index is -0.493. The van der Waals surface area contributed by atoms with Crippen LogP contribution in [0, 0.1) is 11.6 Å². The number of H-pyrrole nitrogens is 1. The van der Waals surface area contributed by atoms with Crippen LogP contribution in [0.2, 0.25) is 0 Å². The maximum atomic E-state index is 13.9. The first-order valence-corrected chi connectivity index (χ1v) is 8.31. The summed E-state index contributed by atoms with van der Waals surface area (Å²) in [5, 5.41) is 6.46. The molecule has 23 heavy (non-hydrogen) atoms. The molecule has 1 N–H and O–H groups in total. The molecule has 1 aromatic heterocycles. The quantitative estimate of drug-likeness (QED) is 0.850. The van der Waals surface area contributed by atoms with Gasteiger partial charge in [0.15, 0.2) is 5.16 Å². The Bertz CT molecular complexity index is 741. The van der Waals surface area contributed by atoms with Gasteiger partial charge in [0.05, 0.1) is 12.6 Å². The average molecular weight is 341 g/mol. The summed E-state index contributed by atoms with van der Waals surface area (Å²) in [4.78, 5) is 11.9. The van der Waals surface area contributed by atoms with Gasteiger partial charge in [-0.2, -0.15) is 0 Å². The predicted molar refractivity (Wildman–Crippen MR) is 82.5 cm³/mol. The van der Waals surface area contributed by atoms with Crippen LogP contribution in [-0.4, -0.2) is 27.5 Å². The number of nitrogens with one attached hydrogen (secondary N) is 1. The molecule has 124 valence electrons. The molecule has 0 bridgehead atoms. The molecule has 0 saturated carbocycles. The van der Waals surface area contributed by atoms with E-state index >= 15 is 0 Å². The van der Waals surface area contributed by atoms with Crippen molar-refractivity contribution in [2.75, 3.05) is 6.61 Å². The van der Waals surface area contributed by atoms with Crippen LogP contribution in [0.4, 0.5) is 8.78 Å². The normalized spacial score (nSPS) is 19.2. The zero-order valence-corrected chi connectivity index (χ0v) is 13.4. The van der Waals surface area contributed by atoms with Crippen LogP contribution in [0.5, 0.6) is 0 Å². The van der Waals surface area contributed by atoms with E-state index in [-0.39, 0.29) is 22.6 Å². The van der Waals surface area contributed by atoms with Crippen LogP contribution in [0.15, 0.2) is 28.2 Å². The second-order valence-electron chi connectivity index (χ2n) is 5.48. The molecule has 0 aliphatic carbocycles. The first-order valence-electron chi connectivity index (χ1n) is 7.43. The highest BCUT2D eigenvalue weighted by Crippen LogP contribution is 2.35. The number of thioether (sulfide) groups is 1. The Balaban J connectivity index is 1.79. The second kappa shape index (κ2) is 6.84. The summed E-state index contributed by atoms with van der Waals surface area (Å²) >= 11 is 1.21. The van der Waals surface area contributed by atoms with Crippen molar-refractivity contribution in [3.8, 4) is 0 Å². The summed E-state index contributed by atoms with van der Waals surface area (Å²) in [6, 6.07) is 3.35. The maximum Gasteiger partial charge on any atom is 0.344 e. The van der Waals surface area contributed by atoms with E-state index < -0.39 is 11.6 Å². The molecule has 1 aliphatic rings. The number of benzene rings is 1. The Hall–Kier alpha value is -1.67. The van der Waals surface area contributed by atoms with E-state index in [0.29, 0.717) is 18.3 Å². The summed E-state index contributed by atoms with van der Waals surface area (Å²) in [6.45, 7) is 2.86. The van der Waals surface area contributed by atoms with Crippen molar-refractivity contribution in [3.63, 3.8) is 0 Å². The largest absolute Gasteiger partial charge is 0.376 e. The van der Waals surface area contributed by atoms with Gasteiger partial charge in [-0.1, -0.05) is 11.8 Å². The van der Waals surface area contributed by atoms with Gasteiger partial charge >= 0.3 is 5.69 Å². The molecule has 2 heterocycles. The number of hydrogen-bond donors (Lipinski definition) is 1. The smallest absolute Gasteiger partial charge is 0.344 e. The highest BCUT2D eigenvalue weighted by Gasteiger charge is 2.22. The minimum absolute atomic E-state index is 0.00846. The van der Waals surface area contributed by atoms with Crippen molar-refractivity contribution < 1.29 is 13.5 Å². The van der Waals surface area contributed by atoms with E-state index in [2.05, 4.69) is 10.2 Å². The number of aromatic amines is 1. The molecule has 1 saturated heterocycles. The molecular weight excluding hydrogens is 324 g/mol. The summed E-state index contributed by atoms with van der Waals surface area (Å²) in [5.74, 6) is -0.970. The lowest BCUT2D eigenvalue weighted by Crippen LogP contribution is -2.25. The lowest BCUT2D eigenvalue weighted by atomic mass is 10.1. The fraction of sp³-hybridized carbons (Fsp3) is 0.467. The maximum absolute atomic E-state index is 13.9. The fourth-order valence-electron chi connectivity index (χ4n) is 2.59. The first kappa shape index (κ1) is 16.2. The molecule has 2 atom stereocenters. The monoisotopic (exact) mass is 341 g/mol. The summed E-state index contributed by atoms with van der Waals surface area (Å²) < 4.78 is 34.2. The van der Waals surface area contributed by atoms with Gasteiger partial charge in [0.2, 0.25) is 0 Å². The van der Waals surface area contributed by atoms with Gasteiger partial charge in [0, 0.05) is 17.4 Å². The van der Waals surface area contributed by atoms with Crippen molar-refractivity contribution >= 4 is 11.8 Å². The highest BCUT2D eigenvalue weighted by atomic mass is 32.2. The first-order chi connectivity index (χ1) is 11.0. The van der Waals surface area contributed by atoms with E-state index in [9.17, 15) is 13.6 Å². The Morgan fingerprint density at radius 3 is 3.09 bits per heavy atom.